The molecular formula is C12H12ClNO2. The van der Waals surface area contributed by atoms with Gasteiger partial charge in [-0.2, -0.15) is 0 Å². The largest absolute Gasteiger partial charge is 0.311 e. The Bertz CT molecular complexity index is 456. The van der Waals surface area contributed by atoms with Crippen molar-refractivity contribution in [3.8, 4) is 0 Å². The number of amides is 1. The van der Waals surface area contributed by atoms with Gasteiger partial charge in [0.2, 0.25) is 5.91 Å². The summed E-state index contributed by atoms with van der Waals surface area (Å²) < 4.78 is 0. The summed E-state index contributed by atoms with van der Waals surface area (Å²) in [5, 5.41) is 0.654. The third kappa shape index (κ3) is 2.09. The van der Waals surface area contributed by atoms with Gasteiger partial charge in [-0.15, -0.1) is 0 Å². The van der Waals surface area contributed by atoms with Gasteiger partial charge in [-0.1, -0.05) is 11.6 Å². The molecule has 84 valence electrons. The van der Waals surface area contributed by atoms with E-state index in [0.717, 1.165) is 11.3 Å². The molecule has 3 nitrogen and oxygen atoms in total. The molecule has 0 unspecified atom stereocenters. The predicted molar refractivity (Wildman–Crippen MR) is 62.8 cm³/mol. The number of benzene rings is 1. The highest BCUT2D eigenvalue weighted by molar-refractivity contribution is 6.30. The number of ketones is 1. The van der Waals surface area contributed by atoms with E-state index < -0.39 is 0 Å². The summed E-state index contributed by atoms with van der Waals surface area (Å²) >= 11 is 5.86. The van der Waals surface area contributed by atoms with Crippen LogP contribution < -0.4 is 4.90 Å². The summed E-state index contributed by atoms with van der Waals surface area (Å²) in [5.41, 5.74) is 1.80. The van der Waals surface area contributed by atoms with Gasteiger partial charge in [0.15, 0.2) is 0 Å². The fourth-order valence-electron chi connectivity index (χ4n) is 1.89. The van der Waals surface area contributed by atoms with Crippen molar-refractivity contribution in [2.45, 2.75) is 19.8 Å². The molecule has 0 spiro atoms. The highest BCUT2D eigenvalue weighted by Crippen LogP contribution is 2.26. The second kappa shape index (κ2) is 4.26. The molecule has 4 heteroatoms. The number of carbonyl (C=O) groups excluding carboxylic acids is 2. The molecule has 0 aliphatic carbocycles. The first-order chi connectivity index (χ1) is 7.58. The van der Waals surface area contributed by atoms with Gasteiger partial charge in [0.1, 0.15) is 5.78 Å². The summed E-state index contributed by atoms with van der Waals surface area (Å²) in [7, 11) is 0. The first-order valence-electron chi connectivity index (χ1n) is 5.16. The van der Waals surface area contributed by atoms with Crippen LogP contribution in [-0.2, 0) is 9.59 Å². The van der Waals surface area contributed by atoms with Gasteiger partial charge in [-0.05, 0) is 30.7 Å². The van der Waals surface area contributed by atoms with Gasteiger partial charge in [-0.3, -0.25) is 9.59 Å². The average molecular weight is 238 g/mol. The normalized spacial score (nSPS) is 16.8. The van der Waals surface area contributed by atoms with Crippen LogP contribution in [0.1, 0.15) is 18.4 Å². The molecule has 0 saturated carbocycles. The molecule has 0 radical (unpaired) electrons. The van der Waals surface area contributed by atoms with Gasteiger partial charge >= 0.3 is 0 Å². The molecular weight excluding hydrogens is 226 g/mol. The molecule has 1 saturated heterocycles. The summed E-state index contributed by atoms with van der Waals surface area (Å²) in [4.78, 5) is 24.5. The van der Waals surface area contributed by atoms with Crippen molar-refractivity contribution in [2.24, 2.45) is 0 Å². The molecule has 1 aliphatic heterocycles. The Morgan fingerprint density at radius 1 is 1.31 bits per heavy atom. The van der Waals surface area contributed by atoms with Crippen LogP contribution in [0.4, 0.5) is 5.69 Å². The van der Waals surface area contributed by atoms with Crippen LogP contribution in [0.5, 0.6) is 0 Å². The fourth-order valence-corrected chi connectivity index (χ4v) is 2.12. The Hall–Kier alpha value is -1.35. The van der Waals surface area contributed by atoms with Crippen molar-refractivity contribution < 1.29 is 9.59 Å². The molecule has 1 aromatic rings. The molecule has 0 aromatic heterocycles. The number of halogens is 1. The minimum atomic E-state index is -0.123. The maximum Gasteiger partial charge on any atom is 0.234 e. The molecule has 0 atom stereocenters. The van der Waals surface area contributed by atoms with Crippen molar-refractivity contribution in [1.29, 1.82) is 0 Å². The SMILES string of the molecule is Cc1cc(Cl)ccc1N1CCC(=O)CC1=O. The fraction of sp³-hybridized carbons (Fsp3) is 0.333. The molecule has 0 bridgehead atoms. The third-order valence-electron chi connectivity index (χ3n) is 2.71. The second-order valence-electron chi connectivity index (χ2n) is 3.94. The van der Waals surface area contributed by atoms with Crippen LogP contribution in [0, 0.1) is 6.92 Å². The number of hydrogen-bond donors (Lipinski definition) is 0. The maximum atomic E-state index is 11.7. The van der Waals surface area contributed by atoms with Crippen molar-refractivity contribution in [1.82, 2.24) is 0 Å². The van der Waals surface area contributed by atoms with E-state index in [0.29, 0.717) is 18.0 Å². The summed E-state index contributed by atoms with van der Waals surface area (Å²) in [6, 6.07) is 5.40. The maximum absolute atomic E-state index is 11.7. The van der Waals surface area contributed by atoms with Crippen LogP contribution >= 0.6 is 11.6 Å². The number of nitrogens with zero attached hydrogens (tertiary/aromatic N) is 1. The lowest BCUT2D eigenvalue weighted by atomic mass is 10.1. The van der Waals surface area contributed by atoms with E-state index in [-0.39, 0.29) is 18.1 Å². The lowest BCUT2D eigenvalue weighted by molar-refractivity contribution is -0.128. The number of aryl methyl sites for hydroxylation is 1. The van der Waals surface area contributed by atoms with Crippen LogP contribution in [-0.4, -0.2) is 18.2 Å². The average Bonchev–Trinajstić information content (AvgIpc) is 2.19. The lowest BCUT2D eigenvalue weighted by Gasteiger charge is -2.27. The number of Topliss-reactive ketones (excluding diaryl/α,β-unsaturated/α-hetero) is 1. The van der Waals surface area contributed by atoms with Crippen LogP contribution in [0.25, 0.3) is 0 Å². The highest BCUT2D eigenvalue weighted by atomic mass is 35.5. The quantitative estimate of drug-likeness (QED) is 0.703. The van der Waals surface area contributed by atoms with Crippen molar-refractivity contribution >= 4 is 29.0 Å². The Kier molecular flexibility index (Phi) is 2.97. The highest BCUT2D eigenvalue weighted by Gasteiger charge is 2.25. The molecule has 1 heterocycles. The monoisotopic (exact) mass is 237 g/mol. The van der Waals surface area contributed by atoms with Crippen molar-refractivity contribution in [3.05, 3.63) is 28.8 Å². The van der Waals surface area contributed by atoms with E-state index in [2.05, 4.69) is 0 Å². The van der Waals surface area contributed by atoms with E-state index in [4.69, 9.17) is 11.6 Å². The first-order valence-corrected chi connectivity index (χ1v) is 5.54. The molecule has 1 fully saturated rings. The predicted octanol–water partition coefficient (Wildman–Crippen LogP) is 2.34. The molecule has 0 N–H and O–H groups in total. The van der Waals surface area contributed by atoms with Crippen molar-refractivity contribution in [3.63, 3.8) is 0 Å². The van der Waals surface area contributed by atoms with E-state index in [1.54, 1.807) is 11.0 Å². The van der Waals surface area contributed by atoms with Gasteiger partial charge in [-0.25, -0.2) is 0 Å². The number of anilines is 1. The second-order valence-corrected chi connectivity index (χ2v) is 4.38. The zero-order valence-corrected chi connectivity index (χ0v) is 9.75. The number of rotatable bonds is 1. The Morgan fingerprint density at radius 2 is 2.06 bits per heavy atom. The zero-order chi connectivity index (χ0) is 11.7. The van der Waals surface area contributed by atoms with E-state index in [1.807, 2.05) is 19.1 Å². The summed E-state index contributed by atoms with van der Waals surface area (Å²) in [6.45, 7) is 2.38. The number of carbonyl (C=O) groups is 2. The smallest absolute Gasteiger partial charge is 0.234 e. The van der Waals surface area contributed by atoms with Crippen LogP contribution in [0.2, 0.25) is 5.02 Å². The molecule has 16 heavy (non-hydrogen) atoms. The topological polar surface area (TPSA) is 37.4 Å². The Morgan fingerprint density at radius 3 is 2.69 bits per heavy atom. The standard InChI is InChI=1S/C12H12ClNO2/c1-8-6-9(13)2-3-11(8)14-5-4-10(15)7-12(14)16/h2-3,6H,4-5,7H2,1H3. The first kappa shape index (κ1) is 11.1. The van der Waals surface area contributed by atoms with Gasteiger partial charge in [0.25, 0.3) is 0 Å². The summed E-state index contributed by atoms with van der Waals surface area (Å²) in [5.74, 6) is -0.102. The van der Waals surface area contributed by atoms with E-state index >= 15 is 0 Å². The van der Waals surface area contributed by atoms with Crippen LogP contribution in [0.3, 0.4) is 0 Å². The van der Waals surface area contributed by atoms with E-state index in [1.165, 1.54) is 0 Å². The van der Waals surface area contributed by atoms with Gasteiger partial charge in [0.05, 0.1) is 6.42 Å². The minimum absolute atomic E-state index is 0.0159. The van der Waals surface area contributed by atoms with E-state index in [9.17, 15) is 9.59 Å². The number of piperidine rings is 1. The zero-order valence-electron chi connectivity index (χ0n) is 9.00. The van der Waals surface area contributed by atoms with Gasteiger partial charge < -0.3 is 4.90 Å². The number of hydrogen-bond acceptors (Lipinski definition) is 2. The molecule has 1 aliphatic rings. The van der Waals surface area contributed by atoms with Crippen molar-refractivity contribution in [2.75, 3.05) is 11.4 Å². The molecule has 2 rings (SSSR count). The lowest BCUT2D eigenvalue weighted by Crippen LogP contribution is -2.39. The Labute approximate surface area is 99.0 Å². The third-order valence-corrected chi connectivity index (χ3v) is 2.95. The molecule has 1 amide bonds. The minimum Gasteiger partial charge on any atom is -0.311 e. The Balaban J connectivity index is 2.30. The molecule has 1 aromatic carbocycles. The summed E-state index contributed by atoms with van der Waals surface area (Å²) in [6.07, 6.45) is 0.454. The van der Waals surface area contributed by atoms with Gasteiger partial charge in [0, 0.05) is 23.7 Å². The van der Waals surface area contributed by atoms with Crippen LogP contribution in [0.15, 0.2) is 18.2 Å².